The molecule has 0 heterocycles. The van der Waals surface area contributed by atoms with Gasteiger partial charge < -0.3 is 11.5 Å². The average Bonchev–Trinajstić information content (AvgIpc) is 3.19. The molecule has 0 bridgehead atoms. The van der Waals surface area contributed by atoms with Crippen molar-refractivity contribution in [2.75, 3.05) is 11.5 Å². The van der Waals surface area contributed by atoms with E-state index in [4.69, 9.17) is 11.5 Å². The van der Waals surface area contributed by atoms with Crippen LogP contribution in [0.5, 0.6) is 0 Å². The van der Waals surface area contributed by atoms with E-state index in [1.54, 1.807) is 121 Å². The second kappa shape index (κ2) is 16.8. The smallest absolute Gasteiger partial charge is 0.166 e. The summed E-state index contributed by atoms with van der Waals surface area (Å²) in [6.07, 6.45) is 6.24. The van der Waals surface area contributed by atoms with Crippen LogP contribution in [0.1, 0.15) is 55.7 Å². The number of carbonyl (C=O) groups is 2. The van der Waals surface area contributed by atoms with Crippen LogP contribution in [0, 0.1) is 0 Å². The normalized spacial score (nSPS) is 14.0. The predicted molar refractivity (Wildman–Crippen MR) is 215 cm³/mol. The van der Waals surface area contributed by atoms with Gasteiger partial charge in [-0.2, -0.15) is 0 Å². The first kappa shape index (κ1) is 36.5. The molecule has 0 saturated carbocycles. The van der Waals surface area contributed by atoms with Crippen molar-refractivity contribution in [2.45, 2.75) is 22.3 Å². The van der Waals surface area contributed by atoms with Gasteiger partial charge in [0, 0.05) is 11.4 Å². The van der Waals surface area contributed by atoms with E-state index < -0.39 is 43.7 Å². The SMILES string of the molecule is Nc1ccc(C(C(=O)C=Cc2ccccc2)C(c2ccccc2)S(=O)(=O)C(c2ccccc2)C(C(=O)C=Cc2ccccc2)c2ccc(N)cc2)cc1. The van der Waals surface area contributed by atoms with Gasteiger partial charge in [-0.05, 0) is 69.8 Å². The first-order chi connectivity index (χ1) is 25.7. The Morgan fingerprint density at radius 2 is 0.717 bits per heavy atom. The summed E-state index contributed by atoms with van der Waals surface area (Å²) in [5, 5.41) is -2.82. The summed E-state index contributed by atoms with van der Waals surface area (Å²) in [7, 11) is -4.51. The van der Waals surface area contributed by atoms with E-state index >= 15 is 8.42 Å². The Morgan fingerprint density at radius 1 is 0.415 bits per heavy atom. The quantitative estimate of drug-likeness (QED) is 0.0857. The summed E-state index contributed by atoms with van der Waals surface area (Å²) in [6.45, 7) is 0. The minimum absolute atomic E-state index is 0.415. The average molecular weight is 717 g/mol. The topological polar surface area (TPSA) is 120 Å². The number of anilines is 2. The van der Waals surface area contributed by atoms with E-state index in [0.717, 1.165) is 11.1 Å². The minimum atomic E-state index is -4.51. The maximum absolute atomic E-state index is 16.0. The van der Waals surface area contributed by atoms with Crippen LogP contribution in [0.2, 0.25) is 0 Å². The van der Waals surface area contributed by atoms with Gasteiger partial charge in [-0.25, -0.2) is 8.42 Å². The Balaban J connectivity index is 1.59. The molecule has 0 aliphatic carbocycles. The summed E-state index contributed by atoms with van der Waals surface area (Å²) in [5.74, 6) is -3.23. The van der Waals surface area contributed by atoms with Crippen LogP contribution in [0.4, 0.5) is 11.4 Å². The summed E-state index contributed by atoms with van der Waals surface area (Å²) in [5.41, 5.74) is 16.5. The van der Waals surface area contributed by atoms with Crippen LogP contribution in [-0.2, 0) is 19.4 Å². The molecule has 6 aromatic carbocycles. The maximum Gasteiger partial charge on any atom is 0.166 e. The van der Waals surface area contributed by atoms with Gasteiger partial charge >= 0.3 is 0 Å². The second-order valence-corrected chi connectivity index (χ2v) is 15.0. The highest BCUT2D eigenvalue weighted by Gasteiger charge is 2.48. The molecule has 264 valence electrons. The van der Waals surface area contributed by atoms with Gasteiger partial charge in [-0.3, -0.25) is 9.59 Å². The highest BCUT2D eigenvalue weighted by atomic mass is 32.2. The molecule has 0 aliphatic rings. The molecular weight excluding hydrogens is 677 g/mol. The van der Waals surface area contributed by atoms with Crippen molar-refractivity contribution in [3.8, 4) is 0 Å². The fraction of sp³-hybridized carbons (Fsp3) is 0.0870. The van der Waals surface area contributed by atoms with Gasteiger partial charge in [-0.1, -0.05) is 158 Å². The van der Waals surface area contributed by atoms with E-state index in [1.807, 2.05) is 60.7 Å². The lowest BCUT2D eigenvalue weighted by Crippen LogP contribution is -2.34. The number of benzene rings is 6. The summed E-state index contributed by atoms with van der Waals surface area (Å²) in [6, 6.07) is 49.6. The van der Waals surface area contributed by atoms with Crippen molar-refractivity contribution < 1.29 is 18.0 Å². The number of hydrogen-bond acceptors (Lipinski definition) is 6. The molecule has 7 heteroatoms. The van der Waals surface area contributed by atoms with Crippen LogP contribution < -0.4 is 11.5 Å². The van der Waals surface area contributed by atoms with Gasteiger partial charge in [0.25, 0.3) is 0 Å². The number of carbonyl (C=O) groups excluding carboxylic acids is 2. The number of sulfone groups is 1. The van der Waals surface area contributed by atoms with Gasteiger partial charge in [-0.15, -0.1) is 0 Å². The van der Waals surface area contributed by atoms with Crippen molar-refractivity contribution in [3.05, 3.63) is 215 Å². The Bertz CT molecular complexity index is 2130. The van der Waals surface area contributed by atoms with Crippen molar-refractivity contribution >= 4 is 44.9 Å². The molecule has 0 aliphatic heterocycles. The lowest BCUT2D eigenvalue weighted by Gasteiger charge is -2.34. The third kappa shape index (κ3) is 8.78. The molecule has 4 unspecified atom stereocenters. The Labute approximate surface area is 311 Å². The molecule has 6 rings (SSSR count). The van der Waals surface area contributed by atoms with Crippen LogP contribution in [0.25, 0.3) is 12.2 Å². The zero-order valence-corrected chi connectivity index (χ0v) is 29.8. The van der Waals surface area contributed by atoms with Gasteiger partial charge in [0.05, 0.1) is 11.8 Å². The largest absolute Gasteiger partial charge is 0.399 e. The van der Waals surface area contributed by atoms with Crippen molar-refractivity contribution in [3.63, 3.8) is 0 Å². The summed E-state index contributed by atoms with van der Waals surface area (Å²) in [4.78, 5) is 29.2. The van der Waals surface area contributed by atoms with E-state index in [1.165, 1.54) is 12.2 Å². The number of rotatable bonds is 14. The number of nitrogen functional groups attached to an aromatic ring is 2. The molecule has 0 spiro atoms. The lowest BCUT2D eigenvalue weighted by molar-refractivity contribution is -0.116. The fourth-order valence-electron chi connectivity index (χ4n) is 6.66. The molecule has 6 nitrogen and oxygen atoms in total. The summed E-state index contributed by atoms with van der Waals surface area (Å²) < 4.78 is 31.9. The van der Waals surface area contributed by atoms with E-state index in [2.05, 4.69) is 0 Å². The van der Waals surface area contributed by atoms with Crippen molar-refractivity contribution in [1.82, 2.24) is 0 Å². The molecule has 0 saturated heterocycles. The zero-order chi connectivity index (χ0) is 37.2. The molecule has 0 fully saturated rings. The Hall–Kier alpha value is -6.31. The molecular formula is C46H40N2O4S. The molecule has 0 amide bonds. The predicted octanol–water partition coefficient (Wildman–Crippen LogP) is 9.18. The minimum Gasteiger partial charge on any atom is -0.399 e. The van der Waals surface area contributed by atoms with E-state index in [-0.39, 0.29) is 0 Å². The Kier molecular flexibility index (Phi) is 11.6. The molecule has 0 aromatic heterocycles. The van der Waals surface area contributed by atoms with Gasteiger partial charge in [0.15, 0.2) is 21.4 Å². The van der Waals surface area contributed by atoms with Crippen molar-refractivity contribution in [2.24, 2.45) is 0 Å². The first-order valence-electron chi connectivity index (χ1n) is 17.3. The van der Waals surface area contributed by atoms with Crippen LogP contribution in [-0.4, -0.2) is 20.0 Å². The molecule has 4 N–H and O–H groups in total. The number of allylic oxidation sites excluding steroid dienone is 2. The highest BCUT2D eigenvalue weighted by molar-refractivity contribution is 7.92. The van der Waals surface area contributed by atoms with Crippen molar-refractivity contribution in [1.29, 1.82) is 0 Å². The molecule has 0 radical (unpaired) electrons. The lowest BCUT2D eigenvalue weighted by atomic mass is 9.86. The zero-order valence-electron chi connectivity index (χ0n) is 29.0. The maximum atomic E-state index is 16.0. The van der Waals surface area contributed by atoms with Gasteiger partial charge in [0.2, 0.25) is 0 Å². The molecule has 6 aromatic rings. The summed E-state index contributed by atoms with van der Waals surface area (Å²) >= 11 is 0. The third-order valence-corrected chi connectivity index (χ3v) is 11.8. The van der Waals surface area contributed by atoms with Crippen LogP contribution in [0.15, 0.2) is 182 Å². The fourth-order valence-corrected chi connectivity index (χ4v) is 9.39. The van der Waals surface area contributed by atoms with E-state index in [0.29, 0.717) is 33.6 Å². The first-order valence-corrected chi connectivity index (χ1v) is 18.9. The standard InChI is InChI=1S/C46H40N2O4S/c47-39-27-23-35(24-28-39)43(41(49)31-21-33-13-5-1-6-14-33)45(37-17-9-3-10-18-37)53(51,52)46(38-19-11-4-12-20-38)44(36-25-29-40(48)30-26-36)42(50)32-22-34-15-7-2-8-16-34/h1-32,43-46H,47-48H2. The van der Waals surface area contributed by atoms with Crippen LogP contribution in [0.3, 0.4) is 0 Å². The number of hydrogen-bond donors (Lipinski definition) is 2. The van der Waals surface area contributed by atoms with Gasteiger partial charge in [0.1, 0.15) is 10.5 Å². The highest BCUT2D eigenvalue weighted by Crippen LogP contribution is 2.49. The molecule has 53 heavy (non-hydrogen) atoms. The second-order valence-electron chi connectivity index (χ2n) is 12.8. The Morgan fingerprint density at radius 3 is 1.04 bits per heavy atom. The van der Waals surface area contributed by atoms with Crippen LogP contribution >= 0.6 is 0 Å². The van der Waals surface area contributed by atoms with E-state index in [9.17, 15) is 9.59 Å². The monoisotopic (exact) mass is 716 g/mol. The number of nitrogens with two attached hydrogens (primary N) is 2. The number of ketones is 2. The molecule has 4 atom stereocenters. The third-order valence-electron chi connectivity index (χ3n) is 9.25.